The zero-order valence-electron chi connectivity index (χ0n) is 13.0. The van der Waals surface area contributed by atoms with Crippen molar-refractivity contribution in [3.63, 3.8) is 0 Å². The monoisotopic (exact) mass is 278 g/mol. The minimum Gasteiger partial charge on any atom is -0.383 e. The maximum absolute atomic E-state index is 12.7. The molecule has 20 heavy (non-hydrogen) atoms. The Morgan fingerprint density at radius 3 is 2.60 bits per heavy atom. The first kappa shape index (κ1) is 16.4. The fourth-order valence-electron chi connectivity index (χ4n) is 1.99. The predicted octanol–water partition coefficient (Wildman–Crippen LogP) is 1.93. The van der Waals surface area contributed by atoms with Gasteiger partial charge in [-0.15, -0.1) is 0 Å². The van der Waals surface area contributed by atoms with Crippen LogP contribution in [0.3, 0.4) is 0 Å². The number of rotatable bonds is 8. The number of carbonyl (C=O) groups is 1. The lowest BCUT2D eigenvalue weighted by Gasteiger charge is -2.25. The lowest BCUT2D eigenvalue weighted by atomic mass is 10.2. The molecule has 0 aliphatic carbocycles. The second-order valence-corrected chi connectivity index (χ2v) is 5.05. The Balaban J connectivity index is 2.87. The average Bonchev–Trinajstić information content (AvgIpc) is 2.43. The van der Waals surface area contributed by atoms with E-state index in [2.05, 4.69) is 22.1 Å². The number of anilines is 1. The number of amides is 1. The summed E-state index contributed by atoms with van der Waals surface area (Å²) < 4.78 is 0. The molecule has 5 heteroatoms. The molecular formula is C15H26N4O. The maximum Gasteiger partial charge on any atom is 0.256 e. The van der Waals surface area contributed by atoms with Crippen LogP contribution >= 0.6 is 0 Å². The van der Waals surface area contributed by atoms with Crippen LogP contribution in [0.15, 0.2) is 18.5 Å². The van der Waals surface area contributed by atoms with Crippen LogP contribution in [-0.4, -0.2) is 61.0 Å². The van der Waals surface area contributed by atoms with E-state index in [-0.39, 0.29) is 5.91 Å². The van der Waals surface area contributed by atoms with Crippen molar-refractivity contribution in [3.8, 4) is 0 Å². The van der Waals surface area contributed by atoms with Gasteiger partial charge in [0.2, 0.25) is 0 Å². The van der Waals surface area contributed by atoms with Crippen molar-refractivity contribution >= 4 is 11.6 Å². The van der Waals surface area contributed by atoms with Crippen LogP contribution in [0, 0.1) is 0 Å². The summed E-state index contributed by atoms with van der Waals surface area (Å²) in [7, 11) is 4.04. The highest BCUT2D eigenvalue weighted by Crippen LogP contribution is 2.16. The Morgan fingerprint density at radius 1 is 1.25 bits per heavy atom. The standard InChI is InChI=1S/C15H26N4O/c1-5-9-19(11-10-18(3)4)15(20)13-7-8-16-12-14(13)17-6-2/h7-8,12,17H,5-6,9-11H2,1-4H3. The molecule has 1 N–H and O–H groups in total. The minimum atomic E-state index is 0.0760. The first-order valence-corrected chi connectivity index (χ1v) is 7.22. The smallest absolute Gasteiger partial charge is 0.256 e. The summed E-state index contributed by atoms with van der Waals surface area (Å²) in [6.07, 6.45) is 4.34. The van der Waals surface area contributed by atoms with Crippen molar-refractivity contribution in [2.75, 3.05) is 45.6 Å². The second-order valence-electron chi connectivity index (χ2n) is 5.05. The van der Waals surface area contributed by atoms with Gasteiger partial charge in [0.05, 0.1) is 17.4 Å². The van der Waals surface area contributed by atoms with Crippen LogP contribution in [0.5, 0.6) is 0 Å². The van der Waals surface area contributed by atoms with Gasteiger partial charge in [-0.3, -0.25) is 9.78 Å². The fourth-order valence-corrected chi connectivity index (χ4v) is 1.99. The highest BCUT2D eigenvalue weighted by Gasteiger charge is 2.18. The van der Waals surface area contributed by atoms with Crippen LogP contribution in [0.1, 0.15) is 30.6 Å². The molecule has 0 radical (unpaired) electrons. The van der Waals surface area contributed by atoms with E-state index in [9.17, 15) is 4.79 Å². The normalized spacial score (nSPS) is 10.7. The summed E-state index contributed by atoms with van der Waals surface area (Å²) in [5.74, 6) is 0.0760. The Hall–Kier alpha value is -1.62. The number of hydrogen-bond acceptors (Lipinski definition) is 4. The van der Waals surface area contributed by atoms with E-state index in [4.69, 9.17) is 0 Å². The zero-order chi connectivity index (χ0) is 15.0. The largest absolute Gasteiger partial charge is 0.383 e. The summed E-state index contributed by atoms with van der Waals surface area (Å²) in [5, 5.41) is 3.20. The van der Waals surface area contributed by atoms with Gasteiger partial charge in [0, 0.05) is 32.4 Å². The van der Waals surface area contributed by atoms with Crippen molar-refractivity contribution in [2.24, 2.45) is 0 Å². The topological polar surface area (TPSA) is 48.5 Å². The third-order valence-electron chi connectivity index (χ3n) is 3.02. The third-order valence-corrected chi connectivity index (χ3v) is 3.02. The van der Waals surface area contributed by atoms with Crippen molar-refractivity contribution in [2.45, 2.75) is 20.3 Å². The summed E-state index contributed by atoms with van der Waals surface area (Å²) in [4.78, 5) is 20.8. The first-order chi connectivity index (χ1) is 9.60. The molecule has 1 aromatic rings. The number of nitrogens with zero attached hydrogens (tertiary/aromatic N) is 3. The zero-order valence-corrected chi connectivity index (χ0v) is 13.0. The van der Waals surface area contributed by atoms with Crippen LogP contribution < -0.4 is 5.32 Å². The quantitative estimate of drug-likeness (QED) is 0.789. The van der Waals surface area contributed by atoms with Crippen molar-refractivity contribution < 1.29 is 4.79 Å². The van der Waals surface area contributed by atoms with Gasteiger partial charge in [-0.1, -0.05) is 6.92 Å². The van der Waals surface area contributed by atoms with Crippen LogP contribution in [-0.2, 0) is 0 Å². The van der Waals surface area contributed by atoms with Gasteiger partial charge in [0.1, 0.15) is 0 Å². The maximum atomic E-state index is 12.7. The molecule has 1 amide bonds. The molecule has 0 saturated carbocycles. The molecule has 0 bridgehead atoms. The van der Waals surface area contributed by atoms with E-state index in [1.807, 2.05) is 25.9 Å². The van der Waals surface area contributed by atoms with Crippen LogP contribution in [0.2, 0.25) is 0 Å². The molecule has 1 aromatic heterocycles. The van der Waals surface area contributed by atoms with E-state index < -0.39 is 0 Å². The van der Waals surface area contributed by atoms with Gasteiger partial charge in [-0.25, -0.2) is 0 Å². The second kappa shape index (κ2) is 8.53. The van der Waals surface area contributed by atoms with E-state index in [0.29, 0.717) is 5.56 Å². The Morgan fingerprint density at radius 2 is 2.00 bits per heavy atom. The minimum absolute atomic E-state index is 0.0760. The molecule has 0 spiro atoms. The lowest BCUT2D eigenvalue weighted by Crippen LogP contribution is -2.37. The third kappa shape index (κ3) is 4.81. The van der Waals surface area contributed by atoms with Crippen LogP contribution in [0.4, 0.5) is 5.69 Å². The van der Waals surface area contributed by atoms with E-state index >= 15 is 0 Å². The van der Waals surface area contributed by atoms with Gasteiger partial charge < -0.3 is 15.1 Å². The molecule has 1 rings (SSSR count). The molecule has 0 atom stereocenters. The van der Waals surface area contributed by atoms with Gasteiger partial charge in [-0.05, 0) is 33.5 Å². The van der Waals surface area contributed by atoms with Crippen molar-refractivity contribution in [1.82, 2.24) is 14.8 Å². The van der Waals surface area contributed by atoms with Gasteiger partial charge >= 0.3 is 0 Å². The van der Waals surface area contributed by atoms with E-state index in [0.717, 1.165) is 38.3 Å². The molecular weight excluding hydrogens is 252 g/mol. The molecule has 0 aliphatic heterocycles. The number of pyridine rings is 1. The highest BCUT2D eigenvalue weighted by atomic mass is 16.2. The summed E-state index contributed by atoms with van der Waals surface area (Å²) in [6.45, 7) is 7.27. The molecule has 0 unspecified atom stereocenters. The SMILES string of the molecule is CCCN(CCN(C)C)C(=O)c1ccncc1NCC. The van der Waals surface area contributed by atoms with Gasteiger partial charge in [0.15, 0.2) is 0 Å². The molecule has 0 aromatic carbocycles. The van der Waals surface area contributed by atoms with Crippen LogP contribution in [0.25, 0.3) is 0 Å². The lowest BCUT2D eigenvalue weighted by molar-refractivity contribution is 0.0746. The van der Waals surface area contributed by atoms with Gasteiger partial charge in [-0.2, -0.15) is 0 Å². The molecule has 0 fully saturated rings. The predicted molar refractivity (Wildman–Crippen MR) is 83.1 cm³/mol. The number of hydrogen-bond donors (Lipinski definition) is 1. The molecule has 1 heterocycles. The molecule has 0 aliphatic rings. The Bertz CT molecular complexity index is 420. The van der Waals surface area contributed by atoms with Gasteiger partial charge in [0.25, 0.3) is 5.91 Å². The summed E-state index contributed by atoms with van der Waals surface area (Å²) >= 11 is 0. The number of nitrogens with one attached hydrogen (secondary N) is 1. The Labute approximate surface area is 122 Å². The first-order valence-electron chi connectivity index (χ1n) is 7.22. The van der Waals surface area contributed by atoms with Crippen molar-refractivity contribution in [3.05, 3.63) is 24.0 Å². The summed E-state index contributed by atoms with van der Waals surface area (Å²) in [5.41, 5.74) is 1.51. The van der Waals surface area contributed by atoms with E-state index in [1.165, 1.54) is 0 Å². The molecule has 5 nitrogen and oxygen atoms in total. The Kier molecular flexibility index (Phi) is 7.01. The number of carbonyl (C=O) groups excluding carboxylic acids is 1. The summed E-state index contributed by atoms with van der Waals surface area (Å²) in [6, 6.07) is 1.79. The number of aromatic nitrogens is 1. The molecule has 0 saturated heterocycles. The van der Waals surface area contributed by atoms with Crippen molar-refractivity contribution in [1.29, 1.82) is 0 Å². The number of likely N-dealkylation sites (N-methyl/N-ethyl adjacent to an activating group) is 1. The molecule has 112 valence electrons. The highest BCUT2D eigenvalue weighted by molar-refractivity contribution is 5.99. The van der Waals surface area contributed by atoms with E-state index in [1.54, 1.807) is 18.5 Å². The fraction of sp³-hybridized carbons (Fsp3) is 0.600. The average molecular weight is 278 g/mol.